The number of benzene rings is 1. The molecule has 122 valence electrons. The van der Waals surface area contributed by atoms with Crippen molar-refractivity contribution in [2.45, 2.75) is 26.2 Å². The highest BCUT2D eigenvalue weighted by atomic mass is 19.1. The maximum absolute atomic E-state index is 13.6. The van der Waals surface area contributed by atoms with Crippen molar-refractivity contribution < 1.29 is 13.6 Å². The van der Waals surface area contributed by atoms with Gasteiger partial charge in [0.25, 0.3) is 5.91 Å². The Morgan fingerprint density at radius 1 is 1.17 bits per heavy atom. The molecule has 2 rings (SSSR count). The van der Waals surface area contributed by atoms with Gasteiger partial charge in [-0.2, -0.15) is 0 Å². The van der Waals surface area contributed by atoms with Crippen molar-refractivity contribution in [3.05, 3.63) is 53.9 Å². The Balaban J connectivity index is 2.05. The standard InChI is InChI=1S/C17H19F2N3O/c1-2-3-4-8-21-13-9-12(10-20-11-13)17(23)22-16-14(18)6-5-7-15(16)19/h5-7,9-11,21H,2-4,8H2,1H3,(H,22,23). The summed E-state index contributed by atoms with van der Waals surface area (Å²) in [5.41, 5.74) is 0.467. The lowest BCUT2D eigenvalue weighted by molar-refractivity contribution is 0.102. The third-order valence-electron chi connectivity index (χ3n) is 3.31. The fourth-order valence-electron chi connectivity index (χ4n) is 2.07. The average Bonchev–Trinajstić information content (AvgIpc) is 2.55. The van der Waals surface area contributed by atoms with Gasteiger partial charge in [-0.3, -0.25) is 9.78 Å². The van der Waals surface area contributed by atoms with Crippen molar-refractivity contribution in [1.82, 2.24) is 4.98 Å². The van der Waals surface area contributed by atoms with Crippen LogP contribution in [0.25, 0.3) is 0 Å². The third kappa shape index (κ3) is 4.74. The number of para-hydroxylation sites is 1. The van der Waals surface area contributed by atoms with Gasteiger partial charge >= 0.3 is 0 Å². The van der Waals surface area contributed by atoms with Crippen LogP contribution in [0.1, 0.15) is 36.5 Å². The van der Waals surface area contributed by atoms with Crippen LogP contribution in [0.5, 0.6) is 0 Å². The van der Waals surface area contributed by atoms with E-state index >= 15 is 0 Å². The number of anilines is 2. The molecule has 0 atom stereocenters. The molecule has 1 aromatic carbocycles. The summed E-state index contributed by atoms with van der Waals surface area (Å²) in [6, 6.07) is 5.01. The first kappa shape index (κ1) is 16.9. The minimum Gasteiger partial charge on any atom is -0.384 e. The zero-order valence-electron chi connectivity index (χ0n) is 12.9. The number of pyridine rings is 1. The number of carbonyl (C=O) groups is 1. The molecule has 0 radical (unpaired) electrons. The van der Waals surface area contributed by atoms with Gasteiger partial charge in [-0.25, -0.2) is 8.78 Å². The van der Waals surface area contributed by atoms with Crippen molar-refractivity contribution in [2.75, 3.05) is 17.2 Å². The molecular formula is C17H19F2N3O. The van der Waals surface area contributed by atoms with Gasteiger partial charge in [0, 0.05) is 18.9 Å². The molecule has 2 N–H and O–H groups in total. The lowest BCUT2D eigenvalue weighted by Crippen LogP contribution is -2.15. The number of nitrogens with zero attached hydrogens (tertiary/aromatic N) is 1. The lowest BCUT2D eigenvalue weighted by atomic mass is 10.2. The maximum Gasteiger partial charge on any atom is 0.257 e. The van der Waals surface area contributed by atoms with E-state index in [1.165, 1.54) is 12.3 Å². The van der Waals surface area contributed by atoms with Crippen LogP contribution in [0.15, 0.2) is 36.7 Å². The van der Waals surface area contributed by atoms with E-state index in [1.807, 2.05) is 0 Å². The molecule has 0 fully saturated rings. The Morgan fingerprint density at radius 2 is 1.91 bits per heavy atom. The predicted octanol–water partition coefficient (Wildman–Crippen LogP) is 4.21. The highest BCUT2D eigenvalue weighted by Gasteiger charge is 2.14. The van der Waals surface area contributed by atoms with Crippen molar-refractivity contribution in [1.29, 1.82) is 0 Å². The number of halogens is 2. The van der Waals surface area contributed by atoms with Crippen LogP contribution in [0.3, 0.4) is 0 Å². The van der Waals surface area contributed by atoms with Gasteiger partial charge in [0.1, 0.15) is 17.3 Å². The van der Waals surface area contributed by atoms with Gasteiger partial charge in [0.05, 0.1) is 11.3 Å². The molecule has 6 heteroatoms. The van der Waals surface area contributed by atoms with Gasteiger partial charge in [-0.1, -0.05) is 25.8 Å². The number of aromatic nitrogens is 1. The summed E-state index contributed by atoms with van der Waals surface area (Å²) in [5.74, 6) is -2.25. The average molecular weight is 319 g/mol. The minimum atomic E-state index is -0.819. The molecule has 4 nitrogen and oxygen atoms in total. The third-order valence-corrected chi connectivity index (χ3v) is 3.31. The number of rotatable bonds is 7. The summed E-state index contributed by atoms with van der Waals surface area (Å²) in [5, 5.41) is 5.41. The molecule has 1 amide bonds. The van der Waals surface area contributed by atoms with Crippen LogP contribution in [-0.4, -0.2) is 17.4 Å². The van der Waals surface area contributed by atoms with Crippen LogP contribution in [0, 0.1) is 11.6 Å². The molecule has 0 saturated heterocycles. The number of hydrogen-bond donors (Lipinski definition) is 2. The molecule has 0 saturated carbocycles. The van der Waals surface area contributed by atoms with Gasteiger partial charge in [0.2, 0.25) is 0 Å². The van der Waals surface area contributed by atoms with Crippen molar-refractivity contribution in [3.8, 4) is 0 Å². The highest BCUT2D eigenvalue weighted by molar-refractivity contribution is 6.04. The number of carbonyl (C=O) groups excluding carboxylic acids is 1. The summed E-state index contributed by atoms with van der Waals surface area (Å²) < 4.78 is 27.1. The van der Waals surface area contributed by atoms with E-state index in [-0.39, 0.29) is 5.56 Å². The molecule has 0 aliphatic heterocycles. The second-order valence-electron chi connectivity index (χ2n) is 5.15. The molecule has 1 aromatic heterocycles. The quantitative estimate of drug-likeness (QED) is 0.752. The molecule has 23 heavy (non-hydrogen) atoms. The normalized spacial score (nSPS) is 10.4. The van der Waals surface area contributed by atoms with Crippen molar-refractivity contribution >= 4 is 17.3 Å². The summed E-state index contributed by atoms with van der Waals surface area (Å²) in [7, 11) is 0. The Morgan fingerprint density at radius 3 is 2.61 bits per heavy atom. The Bertz CT molecular complexity index is 656. The Hall–Kier alpha value is -2.50. The molecule has 0 spiro atoms. The zero-order valence-corrected chi connectivity index (χ0v) is 12.9. The second kappa shape index (κ2) is 8.22. The second-order valence-corrected chi connectivity index (χ2v) is 5.15. The van der Waals surface area contributed by atoms with Gasteiger partial charge in [-0.05, 0) is 24.6 Å². The molecule has 0 aliphatic rings. The van der Waals surface area contributed by atoms with Gasteiger partial charge < -0.3 is 10.6 Å². The van der Waals surface area contributed by atoms with Crippen LogP contribution in [-0.2, 0) is 0 Å². The first-order chi connectivity index (χ1) is 11.1. The minimum absolute atomic E-state index is 0.230. The smallest absolute Gasteiger partial charge is 0.257 e. The van der Waals surface area contributed by atoms with Crippen LogP contribution in [0.2, 0.25) is 0 Å². The number of unbranched alkanes of at least 4 members (excludes halogenated alkanes) is 2. The SMILES string of the molecule is CCCCCNc1cncc(C(=O)Nc2c(F)cccc2F)c1. The fourth-order valence-corrected chi connectivity index (χ4v) is 2.07. The number of amides is 1. The molecule has 2 aromatic rings. The van der Waals surface area contributed by atoms with E-state index in [0.29, 0.717) is 5.69 Å². The summed E-state index contributed by atoms with van der Waals surface area (Å²) in [6.45, 7) is 2.90. The zero-order chi connectivity index (χ0) is 16.7. The first-order valence-electron chi connectivity index (χ1n) is 7.56. The van der Waals surface area contributed by atoms with E-state index in [9.17, 15) is 13.6 Å². The molecule has 0 bridgehead atoms. The number of hydrogen-bond acceptors (Lipinski definition) is 3. The molecular weight excluding hydrogens is 300 g/mol. The Kier molecular flexibility index (Phi) is 6.02. The van der Waals surface area contributed by atoms with Crippen molar-refractivity contribution in [2.24, 2.45) is 0 Å². The topological polar surface area (TPSA) is 54.0 Å². The summed E-state index contributed by atoms with van der Waals surface area (Å²) in [6.07, 6.45) is 6.22. The molecule has 0 aliphatic carbocycles. The lowest BCUT2D eigenvalue weighted by Gasteiger charge is -2.09. The van der Waals surface area contributed by atoms with Crippen molar-refractivity contribution in [3.63, 3.8) is 0 Å². The van der Waals surface area contributed by atoms with Gasteiger partial charge in [0.15, 0.2) is 0 Å². The van der Waals surface area contributed by atoms with Gasteiger partial charge in [-0.15, -0.1) is 0 Å². The monoisotopic (exact) mass is 319 g/mol. The molecule has 0 unspecified atom stereocenters. The number of nitrogens with one attached hydrogen (secondary N) is 2. The van der Waals surface area contributed by atoms with Crippen LogP contribution >= 0.6 is 0 Å². The van der Waals surface area contributed by atoms with Crippen LogP contribution in [0.4, 0.5) is 20.2 Å². The van der Waals surface area contributed by atoms with E-state index in [1.54, 1.807) is 12.3 Å². The maximum atomic E-state index is 13.6. The van der Waals surface area contributed by atoms with Crippen LogP contribution < -0.4 is 10.6 Å². The summed E-state index contributed by atoms with van der Waals surface area (Å²) in [4.78, 5) is 16.1. The van der Waals surface area contributed by atoms with E-state index in [4.69, 9.17) is 0 Å². The Labute approximate surface area is 133 Å². The summed E-state index contributed by atoms with van der Waals surface area (Å²) >= 11 is 0. The largest absolute Gasteiger partial charge is 0.384 e. The molecule has 1 heterocycles. The fraction of sp³-hybridized carbons (Fsp3) is 0.294. The van der Waals surface area contributed by atoms with E-state index in [0.717, 1.165) is 37.9 Å². The highest BCUT2D eigenvalue weighted by Crippen LogP contribution is 2.19. The predicted molar refractivity (Wildman–Crippen MR) is 86.6 cm³/mol. The van der Waals surface area contributed by atoms with E-state index < -0.39 is 23.2 Å². The van der Waals surface area contributed by atoms with E-state index in [2.05, 4.69) is 22.5 Å². The first-order valence-corrected chi connectivity index (χ1v) is 7.56.